The predicted molar refractivity (Wildman–Crippen MR) is 152 cm³/mol. The van der Waals surface area contributed by atoms with Gasteiger partial charge in [-0.15, -0.1) is 0 Å². The van der Waals surface area contributed by atoms with Gasteiger partial charge in [0.2, 0.25) is 5.91 Å². The molecule has 0 bridgehead atoms. The maximum absolute atomic E-state index is 13.3. The van der Waals surface area contributed by atoms with Crippen molar-refractivity contribution in [3.63, 3.8) is 0 Å². The highest BCUT2D eigenvalue weighted by Crippen LogP contribution is 2.27. The van der Waals surface area contributed by atoms with E-state index in [0.717, 1.165) is 40.2 Å². The molecule has 1 aromatic heterocycles. The van der Waals surface area contributed by atoms with Gasteiger partial charge in [0.25, 0.3) is 0 Å². The molecule has 0 saturated carbocycles. The van der Waals surface area contributed by atoms with E-state index >= 15 is 0 Å². The van der Waals surface area contributed by atoms with Gasteiger partial charge in [0.05, 0.1) is 11.4 Å². The summed E-state index contributed by atoms with van der Waals surface area (Å²) < 4.78 is 1.76. The lowest BCUT2D eigenvalue weighted by molar-refractivity contribution is -0.116. The number of rotatable bonds is 8. The van der Waals surface area contributed by atoms with Crippen LogP contribution in [-0.4, -0.2) is 39.7 Å². The summed E-state index contributed by atoms with van der Waals surface area (Å²) in [6.07, 6.45) is 0.795. The summed E-state index contributed by atoms with van der Waals surface area (Å²) in [4.78, 5) is 28.1. The first-order valence-corrected chi connectivity index (χ1v) is 12.9. The van der Waals surface area contributed by atoms with Crippen LogP contribution in [0.4, 0.5) is 16.3 Å². The molecule has 0 aliphatic heterocycles. The summed E-state index contributed by atoms with van der Waals surface area (Å²) in [5.74, 6) is 0.713. The Kier molecular flexibility index (Phi) is 8.79. The first kappa shape index (κ1) is 28.0. The third-order valence-electron chi connectivity index (χ3n) is 6.44. The lowest BCUT2D eigenvalue weighted by Gasteiger charge is -2.24. The van der Waals surface area contributed by atoms with E-state index in [0.29, 0.717) is 18.3 Å². The minimum Gasteiger partial charge on any atom is -0.315 e. The van der Waals surface area contributed by atoms with Gasteiger partial charge in [-0.3, -0.25) is 4.79 Å². The molecule has 1 heterocycles. The van der Waals surface area contributed by atoms with Crippen molar-refractivity contribution in [2.24, 2.45) is 5.92 Å². The van der Waals surface area contributed by atoms with Crippen molar-refractivity contribution in [3.8, 4) is 5.69 Å². The van der Waals surface area contributed by atoms with E-state index in [9.17, 15) is 9.59 Å². The van der Waals surface area contributed by atoms with Crippen molar-refractivity contribution in [1.82, 2.24) is 14.7 Å². The predicted octanol–water partition coefficient (Wildman–Crippen LogP) is 6.61. The molecule has 0 unspecified atom stereocenters. The Morgan fingerprint density at radius 1 is 1.00 bits per heavy atom. The van der Waals surface area contributed by atoms with Crippen molar-refractivity contribution in [1.29, 1.82) is 0 Å². The van der Waals surface area contributed by atoms with Gasteiger partial charge in [0.15, 0.2) is 0 Å². The number of anilines is 2. The van der Waals surface area contributed by atoms with E-state index in [2.05, 4.69) is 45.3 Å². The minimum atomic E-state index is -0.285. The third-order valence-corrected chi connectivity index (χ3v) is 6.44. The molecule has 3 rings (SSSR count). The Hall–Kier alpha value is -3.61. The fourth-order valence-corrected chi connectivity index (χ4v) is 3.90. The smallest absolute Gasteiger partial charge is 0.315 e. The summed E-state index contributed by atoms with van der Waals surface area (Å²) in [6, 6.07) is 15.4. The maximum Gasteiger partial charge on any atom is 0.322 e. The highest BCUT2D eigenvalue weighted by Gasteiger charge is 2.23. The average Bonchev–Trinajstić information content (AvgIpc) is 3.23. The van der Waals surface area contributed by atoms with E-state index in [-0.39, 0.29) is 23.9 Å². The normalized spacial score (nSPS) is 11.5. The molecule has 0 atom stereocenters. The largest absolute Gasteiger partial charge is 0.322 e. The number of hydrogen-bond acceptors (Lipinski definition) is 3. The topological polar surface area (TPSA) is 79.3 Å². The Bertz CT molecular complexity index is 1250. The monoisotopic (exact) mass is 503 g/mol. The molecule has 3 amide bonds. The van der Waals surface area contributed by atoms with Gasteiger partial charge >= 0.3 is 6.03 Å². The van der Waals surface area contributed by atoms with Gasteiger partial charge in [-0.05, 0) is 68.0 Å². The second-order valence-electron chi connectivity index (χ2n) is 11.2. The van der Waals surface area contributed by atoms with Crippen LogP contribution in [0.1, 0.15) is 63.4 Å². The summed E-state index contributed by atoms with van der Waals surface area (Å²) >= 11 is 0. The summed E-state index contributed by atoms with van der Waals surface area (Å²) in [5, 5.41) is 10.8. The zero-order chi connectivity index (χ0) is 27.3. The number of urea groups is 1. The molecular formula is C30H41N5O2. The van der Waals surface area contributed by atoms with Gasteiger partial charge in [0, 0.05) is 23.7 Å². The molecule has 0 saturated heterocycles. The molecule has 198 valence electrons. The van der Waals surface area contributed by atoms with Gasteiger partial charge in [0.1, 0.15) is 12.4 Å². The number of carbonyl (C=O) groups is 2. The Morgan fingerprint density at radius 3 is 2.35 bits per heavy atom. The van der Waals surface area contributed by atoms with E-state index in [1.54, 1.807) is 9.58 Å². The Balaban J connectivity index is 1.84. The van der Waals surface area contributed by atoms with Crippen molar-refractivity contribution >= 4 is 23.4 Å². The molecule has 0 aliphatic carbocycles. The number of amides is 3. The van der Waals surface area contributed by atoms with Gasteiger partial charge in [-0.25, -0.2) is 9.48 Å². The standard InChI is InChI=1S/C30H41N5O2/c1-20(2)15-16-34(29(37)31-25-14-10-12-22(4)23(25)5)19-28(36)32-27-18-26(30(6,7)8)33-35(27)24-13-9-11-21(3)17-24/h9-14,17-18,20H,15-16,19H2,1-8H3,(H,31,37)(H,32,36). The molecule has 7 nitrogen and oxygen atoms in total. The first-order valence-electron chi connectivity index (χ1n) is 12.9. The van der Waals surface area contributed by atoms with Crippen LogP contribution in [-0.2, 0) is 10.2 Å². The zero-order valence-electron chi connectivity index (χ0n) is 23.5. The number of hydrogen-bond donors (Lipinski definition) is 2. The van der Waals surface area contributed by atoms with Crippen LogP contribution in [0.25, 0.3) is 5.69 Å². The lowest BCUT2D eigenvalue weighted by Crippen LogP contribution is -2.41. The SMILES string of the molecule is Cc1cccc(-n2nc(C(C)(C)C)cc2NC(=O)CN(CCC(C)C)C(=O)Nc2cccc(C)c2C)c1. The van der Waals surface area contributed by atoms with Crippen LogP contribution < -0.4 is 10.6 Å². The van der Waals surface area contributed by atoms with Crippen LogP contribution in [0.3, 0.4) is 0 Å². The van der Waals surface area contributed by atoms with Crippen LogP contribution in [0, 0.1) is 26.7 Å². The van der Waals surface area contributed by atoms with Crippen molar-refractivity contribution in [2.75, 3.05) is 23.7 Å². The van der Waals surface area contributed by atoms with E-state index in [1.165, 1.54) is 0 Å². The van der Waals surface area contributed by atoms with Crippen LogP contribution in [0.5, 0.6) is 0 Å². The lowest BCUT2D eigenvalue weighted by atomic mass is 9.92. The number of aromatic nitrogens is 2. The number of nitrogens with one attached hydrogen (secondary N) is 2. The van der Waals surface area contributed by atoms with Crippen LogP contribution >= 0.6 is 0 Å². The Labute approximate surface area is 221 Å². The molecule has 0 spiro atoms. The summed E-state index contributed by atoms with van der Waals surface area (Å²) in [7, 11) is 0. The molecule has 7 heteroatoms. The molecular weight excluding hydrogens is 462 g/mol. The molecule has 0 aliphatic rings. The van der Waals surface area contributed by atoms with Gasteiger partial charge < -0.3 is 15.5 Å². The van der Waals surface area contributed by atoms with Gasteiger partial charge in [-0.2, -0.15) is 5.10 Å². The minimum absolute atomic E-state index is 0.0622. The van der Waals surface area contributed by atoms with Crippen molar-refractivity contribution in [3.05, 3.63) is 70.9 Å². The Morgan fingerprint density at radius 2 is 1.70 bits per heavy atom. The first-order chi connectivity index (χ1) is 17.3. The molecule has 37 heavy (non-hydrogen) atoms. The van der Waals surface area contributed by atoms with Crippen molar-refractivity contribution < 1.29 is 9.59 Å². The third kappa shape index (κ3) is 7.44. The molecule has 0 radical (unpaired) electrons. The molecule has 3 aromatic rings. The second kappa shape index (κ2) is 11.6. The summed E-state index contributed by atoms with van der Waals surface area (Å²) in [5.41, 5.74) is 5.52. The van der Waals surface area contributed by atoms with E-state index in [1.807, 2.05) is 69.3 Å². The molecule has 2 N–H and O–H groups in total. The zero-order valence-corrected chi connectivity index (χ0v) is 23.5. The highest BCUT2D eigenvalue weighted by molar-refractivity contribution is 5.97. The fraction of sp³-hybridized carbons (Fsp3) is 0.433. The summed E-state index contributed by atoms with van der Waals surface area (Å²) in [6.45, 7) is 16.9. The second-order valence-corrected chi connectivity index (χ2v) is 11.2. The van der Waals surface area contributed by atoms with Crippen LogP contribution in [0.15, 0.2) is 48.5 Å². The maximum atomic E-state index is 13.3. The number of aryl methyl sites for hydroxylation is 2. The number of carbonyl (C=O) groups excluding carboxylic acids is 2. The number of benzene rings is 2. The van der Waals surface area contributed by atoms with E-state index < -0.39 is 0 Å². The van der Waals surface area contributed by atoms with Crippen LogP contribution in [0.2, 0.25) is 0 Å². The van der Waals surface area contributed by atoms with Crippen molar-refractivity contribution in [2.45, 2.75) is 67.2 Å². The van der Waals surface area contributed by atoms with E-state index in [4.69, 9.17) is 5.10 Å². The average molecular weight is 504 g/mol. The molecule has 2 aromatic carbocycles. The molecule has 0 fully saturated rings. The quantitative estimate of drug-likeness (QED) is 0.363. The fourth-order valence-electron chi connectivity index (χ4n) is 3.90. The van der Waals surface area contributed by atoms with Gasteiger partial charge in [-0.1, -0.05) is 58.9 Å². The highest BCUT2D eigenvalue weighted by atomic mass is 16.2. The number of nitrogens with zero attached hydrogens (tertiary/aromatic N) is 3.